The van der Waals surface area contributed by atoms with Crippen molar-refractivity contribution >= 4 is 17.5 Å². The summed E-state index contributed by atoms with van der Waals surface area (Å²) in [6, 6.07) is 5.67. The first-order valence-electron chi connectivity index (χ1n) is 7.55. The highest BCUT2D eigenvalue weighted by molar-refractivity contribution is 5.94. The molecular weight excluding hydrogens is 292 g/mol. The lowest BCUT2D eigenvalue weighted by Crippen LogP contribution is -2.28. The van der Waals surface area contributed by atoms with Crippen molar-refractivity contribution in [2.75, 3.05) is 5.32 Å². The molecule has 23 heavy (non-hydrogen) atoms. The van der Waals surface area contributed by atoms with E-state index in [1.54, 1.807) is 6.20 Å². The van der Waals surface area contributed by atoms with Crippen molar-refractivity contribution in [2.24, 2.45) is 0 Å². The topological polar surface area (TPSA) is 84.0 Å². The molecule has 2 aromatic rings. The Balaban J connectivity index is 1.73. The molecule has 1 aromatic heterocycles. The molecule has 0 fully saturated rings. The van der Waals surface area contributed by atoms with Gasteiger partial charge >= 0.3 is 0 Å². The maximum atomic E-state index is 12.2. The van der Waals surface area contributed by atoms with Crippen molar-refractivity contribution in [2.45, 2.75) is 32.7 Å². The molecule has 0 aliphatic carbocycles. The molecule has 0 bridgehead atoms. The Labute approximate surface area is 134 Å². The number of carbonyl (C=O) groups excluding carboxylic acids is 2. The van der Waals surface area contributed by atoms with E-state index >= 15 is 0 Å². The maximum absolute atomic E-state index is 12.2. The lowest BCUT2D eigenvalue weighted by Gasteiger charge is -2.20. The number of nitrogens with one attached hydrogen (secondary N) is 2. The Morgan fingerprint density at radius 2 is 2.09 bits per heavy atom. The number of fused-ring (bicyclic) bond motifs is 1. The van der Waals surface area contributed by atoms with Crippen molar-refractivity contribution in [3.63, 3.8) is 0 Å². The molecule has 1 atom stereocenters. The van der Waals surface area contributed by atoms with E-state index in [1.807, 2.05) is 32.0 Å². The van der Waals surface area contributed by atoms with Crippen LogP contribution >= 0.6 is 0 Å². The molecule has 1 unspecified atom stereocenters. The predicted molar refractivity (Wildman–Crippen MR) is 86.0 cm³/mol. The molecule has 1 aliphatic heterocycles. The minimum Gasteiger partial charge on any atom is -0.344 e. The predicted octanol–water partition coefficient (Wildman–Crippen LogP) is 2.16. The van der Waals surface area contributed by atoms with Crippen molar-refractivity contribution in [1.29, 1.82) is 0 Å². The number of anilines is 1. The quantitative estimate of drug-likeness (QED) is 0.910. The van der Waals surface area contributed by atoms with E-state index in [9.17, 15) is 9.59 Å². The summed E-state index contributed by atoms with van der Waals surface area (Å²) >= 11 is 0. The zero-order valence-corrected chi connectivity index (χ0v) is 13.1. The van der Waals surface area contributed by atoms with Crippen LogP contribution in [0.1, 0.15) is 46.7 Å². The zero-order chi connectivity index (χ0) is 16.4. The third-order valence-corrected chi connectivity index (χ3v) is 3.89. The second-order valence-electron chi connectivity index (χ2n) is 5.70. The fourth-order valence-corrected chi connectivity index (χ4v) is 2.54. The van der Waals surface area contributed by atoms with Gasteiger partial charge in [0.05, 0.1) is 17.9 Å². The first-order valence-corrected chi connectivity index (χ1v) is 7.55. The van der Waals surface area contributed by atoms with E-state index in [4.69, 9.17) is 0 Å². The Hall–Kier alpha value is -2.76. The number of nitrogens with zero attached hydrogens (tertiary/aromatic N) is 2. The number of rotatable bonds is 3. The second-order valence-corrected chi connectivity index (χ2v) is 5.70. The summed E-state index contributed by atoms with van der Waals surface area (Å²) in [6.07, 6.45) is 4.26. The van der Waals surface area contributed by atoms with E-state index in [0.29, 0.717) is 12.1 Å². The van der Waals surface area contributed by atoms with Crippen LogP contribution in [0.5, 0.6) is 0 Å². The van der Waals surface area contributed by atoms with Gasteiger partial charge < -0.3 is 10.6 Å². The van der Waals surface area contributed by atoms with Gasteiger partial charge in [0.1, 0.15) is 5.69 Å². The largest absolute Gasteiger partial charge is 0.344 e. The van der Waals surface area contributed by atoms with Crippen LogP contribution in [0.4, 0.5) is 5.69 Å². The van der Waals surface area contributed by atoms with Crippen LogP contribution in [0.2, 0.25) is 0 Å². The van der Waals surface area contributed by atoms with E-state index < -0.39 is 0 Å². The number of benzene rings is 1. The Bertz CT molecular complexity index is 756. The van der Waals surface area contributed by atoms with Crippen LogP contribution in [0.25, 0.3) is 0 Å². The molecule has 0 radical (unpaired) electrons. The highest BCUT2D eigenvalue weighted by Gasteiger charge is 2.18. The summed E-state index contributed by atoms with van der Waals surface area (Å²) in [4.78, 5) is 31.8. The van der Waals surface area contributed by atoms with Gasteiger partial charge in [-0.05, 0) is 37.5 Å². The first kappa shape index (κ1) is 15.1. The van der Waals surface area contributed by atoms with E-state index in [0.717, 1.165) is 28.9 Å². The maximum Gasteiger partial charge on any atom is 0.271 e. The van der Waals surface area contributed by atoms with Crippen LogP contribution in [-0.2, 0) is 11.2 Å². The number of amides is 2. The van der Waals surface area contributed by atoms with Crippen LogP contribution in [0.3, 0.4) is 0 Å². The summed E-state index contributed by atoms with van der Waals surface area (Å²) in [5.74, 6) is -0.208. The highest BCUT2D eigenvalue weighted by atomic mass is 16.2. The minimum atomic E-state index is -0.254. The Morgan fingerprint density at radius 3 is 2.83 bits per heavy atom. The van der Waals surface area contributed by atoms with Crippen molar-refractivity contribution in [1.82, 2.24) is 15.3 Å². The number of hydrogen-bond acceptors (Lipinski definition) is 4. The van der Waals surface area contributed by atoms with Gasteiger partial charge in [-0.25, -0.2) is 4.98 Å². The molecular formula is C17H18N4O2. The second kappa shape index (κ2) is 6.16. The Morgan fingerprint density at radius 1 is 1.26 bits per heavy atom. The average Bonchev–Trinajstić information content (AvgIpc) is 2.54. The van der Waals surface area contributed by atoms with Crippen LogP contribution in [-0.4, -0.2) is 21.8 Å². The Kier molecular flexibility index (Phi) is 4.06. The van der Waals surface area contributed by atoms with Gasteiger partial charge in [-0.3, -0.25) is 14.6 Å². The normalized spacial score (nSPS) is 14.6. The lowest BCUT2D eigenvalue weighted by atomic mass is 9.98. The molecule has 2 N–H and O–H groups in total. The number of carbonyl (C=O) groups is 2. The summed E-state index contributed by atoms with van der Waals surface area (Å²) in [5, 5.41) is 5.77. The van der Waals surface area contributed by atoms with Crippen molar-refractivity contribution in [3.8, 4) is 0 Å². The molecule has 2 amide bonds. The van der Waals surface area contributed by atoms with Crippen molar-refractivity contribution in [3.05, 3.63) is 53.1 Å². The fraction of sp³-hybridized carbons (Fsp3) is 0.294. The van der Waals surface area contributed by atoms with Gasteiger partial charge in [-0.1, -0.05) is 12.1 Å². The highest BCUT2D eigenvalue weighted by Crippen LogP contribution is 2.26. The van der Waals surface area contributed by atoms with E-state index in [2.05, 4.69) is 20.6 Å². The van der Waals surface area contributed by atoms with Crippen LogP contribution in [0, 0.1) is 6.92 Å². The third kappa shape index (κ3) is 3.36. The monoisotopic (exact) mass is 310 g/mol. The smallest absolute Gasteiger partial charge is 0.271 e. The summed E-state index contributed by atoms with van der Waals surface area (Å²) < 4.78 is 0. The standard InChI is InChI=1S/C17H18N4O2/c1-10-8-19-15(9-18-10)17(23)20-11(2)12-3-5-14-13(7-12)4-6-16(22)21-14/h3,5,7-9,11H,4,6H2,1-2H3,(H,20,23)(H,21,22). The van der Waals surface area contributed by atoms with E-state index in [1.165, 1.54) is 6.20 Å². The van der Waals surface area contributed by atoms with Gasteiger partial charge in [0, 0.05) is 18.3 Å². The average molecular weight is 310 g/mol. The molecule has 6 nitrogen and oxygen atoms in total. The summed E-state index contributed by atoms with van der Waals surface area (Å²) in [7, 11) is 0. The van der Waals surface area contributed by atoms with Gasteiger partial charge in [0.15, 0.2) is 0 Å². The first-order chi connectivity index (χ1) is 11.0. The van der Waals surface area contributed by atoms with Gasteiger partial charge in [0.25, 0.3) is 5.91 Å². The molecule has 1 aliphatic rings. The fourth-order valence-electron chi connectivity index (χ4n) is 2.54. The SMILES string of the molecule is Cc1cnc(C(=O)NC(C)c2ccc3c(c2)CCC(=O)N3)cn1. The summed E-state index contributed by atoms with van der Waals surface area (Å²) in [5.41, 5.74) is 4.01. The molecule has 0 spiro atoms. The number of aryl methyl sites for hydroxylation is 2. The third-order valence-electron chi connectivity index (χ3n) is 3.89. The van der Waals surface area contributed by atoms with Gasteiger partial charge in [0.2, 0.25) is 5.91 Å². The van der Waals surface area contributed by atoms with Crippen molar-refractivity contribution < 1.29 is 9.59 Å². The lowest BCUT2D eigenvalue weighted by molar-refractivity contribution is -0.116. The molecule has 0 saturated heterocycles. The van der Waals surface area contributed by atoms with Crippen LogP contribution < -0.4 is 10.6 Å². The van der Waals surface area contributed by atoms with Gasteiger partial charge in [-0.2, -0.15) is 0 Å². The minimum absolute atomic E-state index is 0.0459. The number of aromatic nitrogens is 2. The molecule has 1 aromatic carbocycles. The molecule has 118 valence electrons. The summed E-state index contributed by atoms with van der Waals surface area (Å²) in [6.45, 7) is 3.74. The molecule has 2 heterocycles. The molecule has 6 heteroatoms. The number of hydrogen-bond donors (Lipinski definition) is 2. The van der Waals surface area contributed by atoms with Gasteiger partial charge in [-0.15, -0.1) is 0 Å². The molecule has 0 saturated carbocycles. The van der Waals surface area contributed by atoms with Crippen LogP contribution in [0.15, 0.2) is 30.6 Å². The zero-order valence-electron chi connectivity index (χ0n) is 13.1. The van der Waals surface area contributed by atoms with E-state index in [-0.39, 0.29) is 17.9 Å². The molecule has 3 rings (SSSR count).